The number of carbonyl (C=O) groups excluding carboxylic acids is 1. The molecule has 0 saturated heterocycles. The monoisotopic (exact) mass is 420 g/mol. The van der Waals surface area contributed by atoms with E-state index < -0.39 is 6.61 Å². The van der Waals surface area contributed by atoms with Crippen LogP contribution in [0.1, 0.15) is 11.1 Å². The van der Waals surface area contributed by atoms with Gasteiger partial charge in [-0.05, 0) is 35.4 Å². The lowest BCUT2D eigenvalue weighted by atomic mass is 10.2. The molecule has 2 aromatic carbocycles. The lowest BCUT2D eigenvalue weighted by Crippen LogP contribution is -2.43. The van der Waals surface area contributed by atoms with Crippen LogP contribution in [0.4, 0.5) is 8.78 Å². The standard InChI is InChI=1S/C21H26F2N4O3/c1-24-21(27(2)14-16-6-10-18(11-7-16)30-20(22)23)26-13-19(28)25-12-15-4-8-17(29-3)9-5-15/h4-11,20H,12-14H2,1-3H3,(H,24,26)(H,25,28). The Labute approximate surface area is 174 Å². The molecule has 0 aliphatic heterocycles. The van der Waals surface area contributed by atoms with Gasteiger partial charge in [-0.25, -0.2) is 0 Å². The molecule has 0 aromatic heterocycles. The third-order valence-corrected chi connectivity index (χ3v) is 4.20. The summed E-state index contributed by atoms with van der Waals surface area (Å²) in [6.45, 7) is -1.90. The maximum Gasteiger partial charge on any atom is 0.387 e. The van der Waals surface area contributed by atoms with E-state index in [0.717, 1.165) is 16.9 Å². The fourth-order valence-corrected chi connectivity index (χ4v) is 2.68. The van der Waals surface area contributed by atoms with Crippen LogP contribution in [0.5, 0.6) is 11.5 Å². The van der Waals surface area contributed by atoms with E-state index in [4.69, 9.17) is 4.74 Å². The van der Waals surface area contributed by atoms with E-state index in [2.05, 4.69) is 20.4 Å². The van der Waals surface area contributed by atoms with Crippen molar-refractivity contribution in [3.05, 3.63) is 59.7 Å². The highest BCUT2D eigenvalue weighted by Gasteiger charge is 2.10. The van der Waals surface area contributed by atoms with Crippen molar-refractivity contribution in [3.8, 4) is 11.5 Å². The number of amides is 1. The Morgan fingerprint density at radius 1 is 1.03 bits per heavy atom. The molecule has 2 aromatic rings. The van der Waals surface area contributed by atoms with Gasteiger partial charge in [0.05, 0.1) is 13.7 Å². The molecule has 0 radical (unpaired) electrons. The molecule has 1 amide bonds. The van der Waals surface area contributed by atoms with Crippen LogP contribution in [-0.2, 0) is 17.9 Å². The third-order valence-electron chi connectivity index (χ3n) is 4.20. The summed E-state index contributed by atoms with van der Waals surface area (Å²) in [4.78, 5) is 18.1. The maximum atomic E-state index is 12.2. The van der Waals surface area contributed by atoms with Crippen molar-refractivity contribution in [3.63, 3.8) is 0 Å². The molecule has 162 valence electrons. The van der Waals surface area contributed by atoms with E-state index in [1.807, 2.05) is 36.2 Å². The van der Waals surface area contributed by atoms with Crippen molar-refractivity contribution >= 4 is 11.9 Å². The van der Waals surface area contributed by atoms with Crippen LogP contribution in [0.15, 0.2) is 53.5 Å². The number of hydrogen-bond donors (Lipinski definition) is 2. The normalized spacial score (nSPS) is 11.2. The van der Waals surface area contributed by atoms with Gasteiger partial charge >= 0.3 is 6.61 Å². The number of carbonyl (C=O) groups is 1. The summed E-state index contributed by atoms with van der Waals surface area (Å²) < 4.78 is 33.9. The predicted octanol–water partition coefficient (Wildman–Crippen LogP) is 2.62. The topological polar surface area (TPSA) is 75.2 Å². The van der Waals surface area contributed by atoms with Crippen LogP contribution in [0, 0.1) is 0 Å². The van der Waals surface area contributed by atoms with Crippen molar-refractivity contribution in [2.24, 2.45) is 4.99 Å². The number of guanidine groups is 1. The van der Waals surface area contributed by atoms with Crippen LogP contribution in [0.25, 0.3) is 0 Å². The highest BCUT2D eigenvalue weighted by Crippen LogP contribution is 2.15. The van der Waals surface area contributed by atoms with Gasteiger partial charge in [0.15, 0.2) is 5.96 Å². The summed E-state index contributed by atoms with van der Waals surface area (Å²) in [7, 11) is 5.03. The largest absolute Gasteiger partial charge is 0.497 e. The second kappa shape index (κ2) is 11.6. The van der Waals surface area contributed by atoms with E-state index in [-0.39, 0.29) is 18.2 Å². The van der Waals surface area contributed by atoms with Crippen LogP contribution in [0.2, 0.25) is 0 Å². The first-order valence-corrected chi connectivity index (χ1v) is 9.26. The van der Waals surface area contributed by atoms with Gasteiger partial charge in [0.2, 0.25) is 5.91 Å². The van der Waals surface area contributed by atoms with E-state index in [1.54, 1.807) is 26.3 Å². The zero-order valence-electron chi connectivity index (χ0n) is 17.2. The average Bonchev–Trinajstić information content (AvgIpc) is 2.74. The van der Waals surface area contributed by atoms with E-state index in [0.29, 0.717) is 19.0 Å². The molecule has 9 heteroatoms. The Bertz CT molecular complexity index is 827. The van der Waals surface area contributed by atoms with Crippen molar-refractivity contribution < 1.29 is 23.0 Å². The van der Waals surface area contributed by atoms with Crippen molar-refractivity contribution in [2.45, 2.75) is 19.7 Å². The lowest BCUT2D eigenvalue weighted by Gasteiger charge is -2.22. The molecule has 0 atom stereocenters. The highest BCUT2D eigenvalue weighted by molar-refractivity contribution is 5.86. The molecule has 0 fully saturated rings. The Balaban J connectivity index is 1.78. The summed E-state index contributed by atoms with van der Waals surface area (Å²) in [5, 5.41) is 5.84. The Kier molecular flexibility index (Phi) is 8.86. The maximum absolute atomic E-state index is 12.2. The number of rotatable bonds is 9. The number of ether oxygens (including phenoxy) is 2. The van der Waals surface area contributed by atoms with E-state index >= 15 is 0 Å². The summed E-state index contributed by atoms with van der Waals surface area (Å²) in [6.07, 6.45) is 0. The molecule has 7 nitrogen and oxygen atoms in total. The van der Waals surface area contributed by atoms with Crippen molar-refractivity contribution in [2.75, 3.05) is 27.7 Å². The van der Waals surface area contributed by atoms with Crippen LogP contribution in [-0.4, -0.2) is 51.1 Å². The third kappa shape index (κ3) is 7.57. The minimum atomic E-state index is -2.85. The number of hydrogen-bond acceptors (Lipinski definition) is 4. The second-order valence-electron chi connectivity index (χ2n) is 6.40. The van der Waals surface area contributed by atoms with Gasteiger partial charge in [-0.15, -0.1) is 0 Å². The van der Waals surface area contributed by atoms with E-state index in [9.17, 15) is 13.6 Å². The summed E-state index contributed by atoms with van der Waals surface area (Å²) in [5.41, 5.74) is 1.84. The molecule has 0 aliphatic rings. The molecule has 30 heavy (non-hydrogen) atoms. The molecule has 0 unspecified atom stereocenters. The summed E-state index contributed by atoms with van der Waals surface area (Å²) in [5.74, 6) is 1.22. The van der Waals surface area contributed by atoms with Gasteiger partial charge in [0.25, 0.3) is 0 Å². The van der Waals surface area contributed by atoms with Crippen LogP contribution in [0.3, 0.4) is 0 Å². The first-order chi connectivity index (χ1) is 14.4. The molecule has 2 rings (SSSR count). The summed E-state index contributed by atoms with van der Waals surface area (Å²) >= 11 is 0. The smallest absolute Gasteiger partial charge is 0.387 e. The Hall–Kier alpha value is -3.36. The highest BCUT2D eigenvalue weighted by atomic mass is 19.3. The van der Waals surface area contributed by atoms with Gasteiger partial charge in [0.1, 0.15) is 11.5 Å². The zero-order valence-corrected chi connectivity index (χ0v) is 17.2. The summed E-state index contributed by atoms with van der Waals surface area (Å²) in [6, 6.07) is 13.8. The molecular weight excluding hydrogens is 394 g/mol. The fraction of sp³-hybridized carbons (Fsp3) is 0.333. The first-order valence-electron chi connectivity index (χ1n) is 9.26. The molecule has 0 heterocycles. The zero-order chi connectivity index (χ0) is 21.9. The molecule has 0 spiro atoms. The van der Waals surface area contributed by atoms with Crippen molar-refractivity contribution in [1.29, 1.82) is 0 Å². The number of nitrogens with one attached hydrogen (secondary N) is 2. The SMILES string of the molecule is CN=C(NCC(=O)NCc1ccc(OC)cc1)N(C)Cc1ccc(OC(F)F)cc1. The van der Waals surface area contributed by atoms with Gasteiger partial charge in [-0.1, -0.05) is 24.3 Å². The second-order valence-corrected chi connectivity index (χ2v) is 6.40. The number of halogens is 2. The van der Waals surface area contributed by atoms with Crippen LogP contribution >= 0.6 is 0 Å². The number of aliphatic imine (C=N–C) groups is 1. The molecule has 2 N–H and O–H groups in total. The number of benzene rings is 2. The first kappa shape index (κ1) is 22.9. The number of alkyl halides is 2. The van der Waals surface area contributed by atoms with Gasteiger partial charge in [0, 0.05) is 27.2 Å². The number of methoxy groups -OCH3 is 1. The Morgan fingerprint density at radius 3 is 2.20 bits per heavy atom. The molecular formula is C21H26F2N4O3. The average molecular weight is 420 g/mol. The fourth-order valence-electron chi connectivity index (χ4n) is 2.68. The lowest BCUT2D eigenvalue weighted by molar-refractivity contribution is -0.120. The minimum absolute atomic E-state index is 0.0638. The minimum Gasteiger partial charge on any atom is -0.497 e. The quantitative estimate of drug-likeness (QED) is 0.482. The van der Waals surface area contributed by atoms with Crippen LogP contribution < -0.4 is 20.1 Å². The number of nitrogens with zero attached hydrogens (tertiary/aromatic N) is 2. The van der Waals surface area contributed by atoms with Gasteiger partial charge in [-0.2, -0.15) is 8.78 Å². The van der Waals surface area contributed by atoms with Crippen molar-refractivity contribution in [1.82, 2.24) is 15.5 Å². The molecule has 0 saturated carbocycles. The molecule has 0 bridgehead atoms. The van der Waals surface area contributed by atoms with Gasteiger partial charge < -0.3 is 25.0 Å². The Morgan fingerprint density at radius 2 is 1.63 bits per heavy atom. The molecule has 0 aliphatic carbocycles. The van der Waals surface area contributed by atoms with E-state index in [1.165, 1.54) is 12.1 Å². The predicted molar refractivity (Wildman–Crippen MR) is 111 cm³/mol. The van der Waals surface area contributed by atoms with Gasteiger partial charge in [-0.3, -0.25) is 9.79 Å².